The quantitative estimate of drug-likeness (QED) is 0.824. The minimum absolute atomic E-state index is 0.0116. The van der Waals surface area contributed by atoms with Crippen molar-refractivity contribution in [1.29, 1.82) is 0 Å². The van der Waals surface area contributed by atoms with Crippen LogP contribution in [0.15, 0.2) is 24.3 Å². The van der Waals surface area contributed by atoms with Crippen LogP contribution in [0.2, 0.25) is 0 Å². The largest absolute Gasteiger partial charge is 0.497 e. The summed E-state index contributed by atoms with van der Waals surface area (Å²) in [6.45, 7) is 1.97. The van der Waals surface area contributed by atoms with Gasteiger partial charge in [-0.3, -0.25) is 4.79 Å². The third-order valence-corrected chi connectivity index (χ3v) is 3.62. The maximum atomic E-state index is 11.9. The molecule has 1 fully saturated rings. The molecule has 2 rings (SSSR count). The van der Waals surface area contributed by atoms with E-state index in [4.69, 9.17) is 10.5 Å². The highest BCUT2D eigenvalue weighted by Crippen LogP contribution is 2.32. The Morgan fingerprint density at radius 3 is 2.89 bits per heavy atom. The molecule has 1 aliphatic rings. The fourth-order valence-electron chi connectivity index (χ4n) is 2.20. The number of nitrogens with two attached hydrogens (primary N) is 1. The number of amides is 1. The zero-order chi connectivity index (χ0) is 13.8. The maximum Gasteiger partial charge on any atom is 0.222 e. The predicted molar refractivity (Wildman–Crippen MR) is 74.9 cm³/mol. The topological polar surface area (TPSA) is 64.3 Å². The Labute approximate surface area is 114 Å². The molecular formula is C15H22N2O2. The van der Waals surface area contributed by atoms with E-state index in [0.29, 0.717) is 12.3 Å². The average molecular weight is 262 g/mol. The van der Waals surface area contributed by atoms with Crippen LogP contribution in [-0.2, 0) is 4.79 Å². The van der Waals surface area contributed by atoms with E-state index in [9.17, 15) is 4.79 Å². The van der Waals surface area contributed by atoms with E-state index >= 15 is 0 Å². The lowest BCUT2D eigenvalue weighted by molar-refractivity contribution is -0.122. The minimum Gasteiger partial charge on any atom is -0.497 e. The van der Waals surface area contributed by atoms with E-state index in [1.165, 1.54) is 12.8 Å². The number of methoxy groups -OCH3 is 1. The van der Waals surface area contributed by atoms with Crippen LogP contribution in [0.25, 0.3) is 0 Å². The number of ether oxygens (including phenoxy) is 1. The Hall–Kier alpha value is -1.55. The molecule has 0 bridgehead atoms. The molecule has 19 heavy (non-hydrogen) atoms. The first-order valence-corrected chi connectivity index (χ1v) is 6.79. The summed E-state index contributed by atoms with van der Waals surface area (Å²) in [4.78, 5) is 11.9. The molecule has 0 spiro atoms. The van der Waals surface area contributed by atoms with E-state index in [-0.39, 0.29) is 18.0 Å². The smallest absolute Gasteiger partial charge is 0.222 e. The molecule has 1 aromatic rings. The van der Waals surface area contributed by atoms with Crippen molar-refractivity contribution in [3.05, 3.63) is 29.8 Å². The first-order valence-electron chi connectivity index (χ1n) is 6.79. The number of benzene rings is 1. The average Bonchev–Trinajstić information content (AvgIpc) is 3.22. The molecule has 0 aliphatic heterocycles. The maximum absolute atomic E-state index is 11.9. The van der Waals surface area contributed by atoms with Crippen LogP contribution in [0, 0.1) is 5.92 Å². The van der Waals surface area contributed by atoms with Gasteiger partial charge < -0.3 is 15.8 Å². The highest BCUT2D eigenvalue weighted by Gasteiger charge is 2.30. The van der Waals surface area contributed by atoms with Gasteiger partial charge in [0.25, 0.3) is 0 Å². The fraction of sp³-hybridized carbons (Fsp3) is 0.533. The molecule has 0 radical (unpaired) electrons. The molecule has 104 valence electrons. The molecule has 2 atom stereocenters. The summed E-state index contributed by atoms with van der Waals surface area (Å²) in [6.07, 6.45) is 2.75. The van der Waals surface area contributed by atoms with Crippen LogP contribution < -0.4 is 15.8 Å². The molecule has 4 heteroatoms. The van der Waals surface area contributed by atoms with Gasteiger partial charge in [0.15, 0.2) is 0 Å². The highest BCUT2D eigenvalue weighted by atomic mass is 16.5. The summed E-state index contributed by atoms with van der Waals surface area (Å²) < 4.78 is 5.18. The van der Waals surface area contributed by atoms with Gasteiger partial charge in [0, 0.05) is 12.5 Å². The summed E-state index contributed by atoms with van der Waals surface area (Å²) in [7, 11) is 1.64. The van der Waals surface area contributed by atoms with Crippen molar-refractivity contribution in [2.45, 2.75) is 38.3 Å². The van der Waals surface area contributed by atoms with Gasteiger partial charge in [0.05, 0.1) is 13.2 Å². The molecule has 1 saturated carbocycles. The molecule has 1 aliphatic carbocycles. The first-order chi connectivity index (χ1) is 9.10. The molecule has 1 aromatic carbocycles. The lowest BCUT2D eigenvalue weighted by Crippen LogP contribution is -2.34. The molecule has 4 nitrogen and oxygen atoms in total. The Kier molecular flexibility index (Phi) is 4.43. The van der Waals surface area contributed by atoms with E-state index in [1.807, 2.05) is 31.2 Å². The van der Waals surface area contributed by atoms with Crippen molar-refractivity contribution in [2.24, 2.45) is 11.7 Å². The van der Waals surface area contributed by atoms with E-state index in [1.54, 1.807) is 7.11 Å². The minimum atomic E-state index is -0.0333. The van der Waals surface area contributed by atoms with E-state index in [2.05, 4.69) is 5.32 Å². The van der Waals surface area contributed by atoms with Gasteiger partial charge in [-0.15, -0.1) is 0 Å². The van der Waals surface area contributed by atoms with Crippen molar-refractivity contribution < 1.29 is 9.53 Å². The number of nitrogens with one attached hydrogen (secondary N) is 1. The van der Waals surface area contributed by atoms with Gasteiger partial charge in [-0.2, -0.15) is 0 Å². The summed E-state index contributed by atoms with van der Waals surface area (Å²) in [5, 5.41) is 2.99. The number of carbonyl (C=O) groups excluding carboxylic acids is 1. The monoisotopic (exact) mass is 262 g/mol. The zero-order valence-electron chi connectivity index (χ0n) is 11.6. The summed E-state index contributed by atoms with van der Waals surface area (Å²) in [5.74, 6) is 1.38. The van der Waals surface area contributed by atoms with E-state index in [0.717, 1.165) is 11.3 Å². The zero-order valence-corrected chi connectivity index (χ0v) is 11.6. The van der Waals surface area contributed by atoms with Crippen LogP contribution in [-0.4, -0.2) is 19.1 Å². The van der Waals surface area contributed by atoms with Gasteiger partial charge in [-0.05, 0) is 43.4 Å². The Bertz CT molecular complexity index is 444. The summed E-state index contributed by atoms with van der Waals surface area (Å²) in [5.41, 5.74) is 6.99. The van der Waals surface area contributed by atoms with Crippen LogP contribution in [0.1, 0.15) is 37.8 Å². The molecule has 0 saturated heterocycles. The normalized spacial score (nSPS) is 17.6. The standard InChI is InChI=1S/C15H22N2O2/c1-10(12-4-3-5-13(8-12)19-2)17-15(18)9-14(16)11-6-7-11/h3-5,8,10-11,14H,6-7,9,16H2,1-2H3,(H,17,18). The number of carbonyl (C=O) groups is 1. The molecule has 0 heterocycles. The van der Waals surface area contributed by atoms with E-state index < -0.39 is 0 Å². The number of rotatable bonds is 6. The van der Waals surface area contributed by atoms with Crippen LogP contribution in [0.3, 0.4) is 0 Å². The van der Waals surface area contributed by atoms with Crippen molar-refractivity contribution in [2.75, 3.05) is 7.11 Å². The second-order valence-electron chi connectivity index (χ2n) is 5.27. The lowest BCUT2D eigenvalue weighted by Gasteiger charge is -2.17. The lowest BCUT2D eigenvalue weighted by atomic mass is 10.1. The molecular weight excluding hydrogens is 240 g/mol. The van der Waals surface area contributed by atoms with Crippen molar-refractivity contribution in [3.8, 4) is 5.75 Å². The predicted octanol–water partition coefficient (Wildman–Crippen LogP) is 2.00. The Morgan fingerprint density at radius 1 is 1.53 bits per heavy atom. The van der Waals surface area contributed by atoms with Gasteiger partial charge >= 0.3 is 0 Å². The molecule has 3 N–H and O–H groups in total. The Morgan fingerprint density at radius 2 is 2.26 bits per heavy atom. The van der Waals surface area contributed by atoms with Crippen LogP contribution >= 0.6 is 0 Å². The Balaban J connectivity index is 1.88. The molecule has 1 amide bonds. The summed E-state index contributed by atoms with van der Waals surface area (Å²) >= 11 is 0. The fourth-order valence-corrected chi connectivity index (χ4v) is 2.20. The van der Waals surface area contributed by atoms with Crippen LogP contribution in [0.5, 0.6) is 5.75 Å². The number of hydrogen-bond donors (Lipinski definition) is 2. The van der Waals surface area contributed by atoms with Crippen molar-refractivity contribution in [1.82, 2.24) is 5.32 Å². The van der Waals surface area contributed by atoms with Gasteiger partial charge in [0.2, 0.25) is 5.91 Å². The SMILES string of the molecule is COc1cccc(C(C)NC(=O)CC(N)C2CC2)c1. The molecule has 2 unspecified atom stereocenters. The van der Waals surface area contributed by atoms with Crippen molar-refractivity contribution >= 4 is 5.91 Å². The summed E-state index contributed by atoms with van der Waals surface area (Å²) in [6, 6.07) is 7.71. The van der Waals surface area contributed by atoms with Crippen LogP contribution in [0.4, 0.5) is 0 Å². The third kappa shape index (κ3) is 3.96. The third-order valence-electron chi connectivity index (χ3n) is 3.62. The number of hydrogen-bond acceptors (Lipinski definition) is 3. The second-order valence-corrected chi connectivity index (χ2v) is 5.27. The van der Waals surface area contributed by atoms with Gasteiger partial charge in [-0.1, -0.05) is 12.1 Å². The second kappa shape index (κ2) is 6.06. The van der Waals surface area contributed by atoms with Gasteiger partial charge in [0.1, 0.15) is 5.75 Å². The first kappa shape index (κ1) is 13.9. The highest BCUT2D eigenvalue weighted by molar-refractivity contribution is 5.77. The molecule has 0 aromatic heterocycles. The van der Waals surface area contributed by atoms with Gasteiger partial charge in [-0.25, -0.2) is 0 Å². The van der Waals surface area contributed by atoms with Crippen molar-refractivity contribution in [3.63, 3.8) is 0 Å².